The van der Waals surface area contributed by atoms with Gasteiger partial charge in [-0.25, -0.2) is 9.13 Å². The van der Waals surface area contributed by atoms with E-state index < -0.39 is 0 Å². The second-order valence-electron chi connectivity index (χ2n) is 10.5. The molecule has 0 bridgehead atoms. The van der Waals surface area contributed by atoms with Crippen molar-refractivity contribution in [2.24, 2.45) is 0 Å². The molecule has 0 atom stereocenters. The molecule has 4 aromatic rings. The molecule has 5 heteroatoms. The van der Waals surface area contributed by atoms with Crippen LogP contribution in [0.3, 0.4) is 0 Å². The third-order valence-corrected chi connectivity index (χ3v) is 7.80. The van der Waals surface area contributed by atoms with E-state index in [1.165, 1.54) is 33.6 Å². The minimum absolute atomic E-state index is 0.688. The van der Waals surface area contributed by atoms with Crippen LogP contribution in [0.1, 0.15) is 49.9 Å². The third kappa shape index (κ3) is 9.93. The van der Waals surface area contributed by atoms with Gasteiger partial charge in [-0.15, -0.1) is 0 Å². The molecule has 0 spiro atoms. The van der Waals surface area contributed by atoms with Crippen molar-refractivity contribution < 1.29 is 13.9 Å². The lowest BCUT2D eigenvalue weighted by molar-refractivity contribution is -0.705. The first-order valence-electron chi connectivity index (χ1n) is 15.7. The Morgan fingerprint density at radius 1 is 0.465 bits per heavy atom. The van der Waals surface area contributed by atoms with Gasteiger partial charge in [-0.2, -0.15) is 0 Å². The quantitative estimate of drug-likeness (QED) is 0.106. The van der Waals surface area contributed by atoms with Gasteiger partial charge in [0.25, 0.3) is 0 Å². The lowest BCUT2D eigenvalue weighted by Crippen LogP contribution is -2.37. The minimum atomic E-state index is 0.688. The Balaban J connectivity index is 1.15. The van der Waals surface area contributed by atoms with Gasteiger partial charge in [-0.05, 0) is 74.2 Å². The zero-order chi connectivity index (χ0) is 30.3. The summed E-state index contributed by atoms with van der Waals surface area (Å²) < 4.78 is 10.3. The summed E-state index contributed by atoms with van der Waals surface area (Å²) >= 11 is 0. The van der Waals surface area contributed by atoms with E-state index in [4.69, 9.17) is 4.74 Å². The van der Waals surface area contributed by atoms with E-state index in [1.54, 1.807) is 0 Å². The highest BCUT2D eigenvalue weighted by molar-refractivity contribution is 5.71. The molecule has 0 aliphatic carbocycles. The highest BCUT2D eigenvalue weighted by Crippen LogP contribution is 2.17. The van der Waals surface area contributed by atoms with Gasteiger partial charge in [-0.3, -0.25) is 0 Å². The molecule has 0 N–H and O–H groups in total. The van der Waals surface area contributed by atoms with E-state index in [1.807, 2.05) is 0 Å². The normalized spacial score (nSPS) is 11.4. The van der Waals surface area contributed by atoms with Gasteiger partial charge < -0.3 is 14.5 Å². The van der Waals surface area contributed by atoms with Gasteiger partial charge in [0.15, 0.2) is 37.9 Å². The topological polar surface area (TPSA) is 23.5 Å². The number of ether oxygens (including phenoxy) is 1. The largest absolute Gasteiger partial charge is 0.372 e. The van der Waals surface area contributed by atoms with Crippen molar-refractivity contribution in [3.8, 4) is 0 Å². The summed E-state index contributed by atoms with van der Waals surface area (Å²) in [5.41, 5.74) is 7.35. The van der Waals surface area contributed by atoms with Crippen molar-refractivity contribution in [1.82, 2.24) is 0 Å². The van der Waals surface area contributed by atoms with Crippen LogP contribution in [-0.2, 0) is 17.8 Å². The molecule has 2 aromatic heterocycles. The predicted octanol–water partition coefficient (Wildman–Crippen LogP) is 7.01. The number of hydrogen-bond donors (Lipinski definition) is 0. The molecule has 0 saturated heterocycles. The zero-order valence-corrected chi connectivity index (χ0v) is 26.4. The SMILES string of the molecule is CCN(CC)c1ccc(C=Cc2cc[n+](CCOCC[n+]3ccc(C=Cc4ccc(N(CC)CC)cc4)cc3)cc2)cc1. The van der Waals surface area contributed by atoms with Crippen LogP contribution in [0.15, 0.2) is 97.6 Å². The van der Waals surface area contributed by atoms with Crippen LogP contribution in [-0.4, -0.2) is 39.4 Å². The molecular weight excluding hydrogens is 528 g/mol. The maximum atomic E-state index is 5.92. The van der Waals surface area contributed by atoms with Crippen LogP contribution in [0.25, 0.3) is 24.3 Å². The molecule has 0 aliphatic rings. The van der Waals surface area contributed by atoms with Crippen LogP contribution < -0.4 is 18.9 Å². The smallest absolute Gasteiger partial charge is 0.171 e. The minimum Gasteiger partial charge on any atom is -0.372 e. The molecule has 43 heavy (non-hydrogen) atoms. The fourth-order valence-electron chi connectivity index (χ4n) is 5.05. The maximum absolute atomic E-state index is 5.92. The number of rotatable bonds is 16. The molecule has 0 unspecified atom stereocenters. The molecule has 224 valence electrons. The highest BCUT2D eigenvalue weighted by atomic mass is 16.5. The summed E-state index contributed by atoms with van der Waals surface area (Å²) in [5.74, 6) is 0. The zero-order valence-electron chi connectivity index (χ0n) is 26.4. The second-order valence-corrected chi connectivity index (χ2v) is 10.5. The van der Waals surface area contributed by atoms with Crippen molar-refractivity contribution in [2.45, 2.75) is 40.8 Å². The number of aromatic nitrogens is 2. The van der Waals surface area contributed by atoms with Crippen LogP contribution in [0.4, 0.5) is 11.4 Å². The standard InChI is InChI=1S/C38H48N4O/c1-5-41(6-2)37-17-13-33(14-18-37)9-11-35-21-25-39(26-22-35)29-31-43-32-30-40-27-23-36(24-28-40)12-10-34-15-19-38(20-16-34)42(7-3)8-4/h9-28H,5-8,29-32H2,1-4H3/q+2. The van der Waals surface area contributed by atoms with Crippen molar-refractivity contribution in [3.63, 3.8) is 0 Å². The van der Waals surface area contributed by atoms with E-state index in [9.17, 15) is 0 Å². The van der Waals surface area contributed by atoms with Crippen LogP contribution in [0, 0.1) is 0 Å². The van der Waals surface area contributed by atoms with Gasteiger partial charge >= 0.3 is 0 Å². The van der Waals surface area contributed by atoms with E-state index in [0.29, 0.717) is 13.2 Å². The number of pyridine rings is 2. The van der Waals surface area contributed by atoms with Crippen molar-refractivity contribution in [1.29, 1.82) is 0 Å². The summed E-state index contributed by atoms with van der Waals surface area (Å²) in [7, 11) is 0. The van der Waals surface area contributed by atoms with Crippen molar-refractivity contribution >= 4 is 35.7 Å². The lowest BCUT2D eigenvalue weighted by Gasteiger charge is -2.20. The monoisotopic (exact) mass is 576 g/mol. The summed E-state index contributed by atoms with van der Waals surface area (Å²) in [6, 6.07) is 26.1. The fourth-order valence-corrected chi connectivity index (χ4v) is 5.05. The van der Waals surface area contributed by atoms with Gasteiger partial charge in [0.05, 0.1) is 0 Å². The Labute approximate surface area is 259 Å². The molecule has 5 nitrogen and oxygen atoms in total. The molecule has 0 aliphatic heterocycles. The first-order valence-corrected chi connectivity index (χ1v) is 15.7. The summed E-state index contributed by atoms with van der Waals surface area (Å²) in [5, 5.41) is 0. The van der Waals surface area contributed by atoms with Gasteiger partial charge in [0, 0.05) is 61.8 Å². The highest BCUT2D eigenvalue weighted by Gasteiger charge is 2.04. The second kappa shape index (κ2) is 17.0. The summed E-state index contributed by atoms with van der Waals surface area (Å²) in [6.45, 7) is 15.9. The van der Waals surface area contributed by atoms with Crippen LogP contribution in [0.2, 0.25) is 0 Å². The summed E-state index contributed by atoms with van der Waals surface area (Å²) in [6.07, 6.45) is 17.1. The third-order valence-electron chi connectivity index (χ3n) is 7.80. The molecular formula is C38H48N4O+2. The first-order chi connectivity index (χ1) is 21.1. The Kier molecular flexibility index (Phi) is 12.6. The van der Waals surface area contributed by atoms with Crippen molar-refractivity contribution in [2.75, 3.05) is 49.2 Å². The fraction of sp³-hybridized carbons (Fsp3) is 0.316. The Hall–Kier alpha value is -4.22. The van der Waals surface area contributed by atoms with E-state index in [0.717, 1.165) is 39.3 Å². The lowest BCUT2D eigenvalue weighted by atomic mass is 10.1. The average molecular weight is 577 g/mol. The van der Waals surface area contributed by atoms with Gasteiger partial charge in [0.1, 0.15) is 13.2 Å². The number of nitrogens with zero attached hydrogens (tertiary/aromatic N) is 4. The molecule has 4 rings (SSSR count). The van der Waals surface area contributed by atoms with E-state index in [2.05, 4.69) is 169 Å². The number of hydrogen-bond acceptors (Lipinski definition) is 3. The predicted molar refractivity (Wildman–Crippen MR) is 182 cm³/mol. The maximum Gasteiger partial charge on any atom is 0.171 e. The Bertz CT molecular complexity index is 1290. The van der Waals surface area contributed by atoms with Crippen LogP contribution >= 0.6 is 0 Å². The molecule has 0 radical (unpaired) electrons. The number of benzene rings is 2. The molecule has 0 fully saturated rings. The molecule has 0 saturated carbocycles. The molecule has 2 heterocycles. The van der Waals surface area contributed by atoms with E-state index >= 15 is 0 Å². The number of anilines is 2. The molecule has 2 aromatic carbocycles. The molecule has 0 amide bonds. The van der Waals surface area contributed by atoms with Gasteiger partial charge in [-0.1, -0.05) is 48.6 Å². The average Bonchev–Trinajstić information content (AvgIpc) is 3.06. The Morgan fingerprint density at radius 3 is 1.07 bits per heavy atom. The van der Waals surface area contributed by atoms with E-state index in [-0.39, 0.29) is 0 Å². The van der Waals surface area contributed by atoms with Crippen LogP contribution in [0.5, 0.6) is 0 Å². The first kappa shape index (κ1) is 31.7. The summed E-state index contributed by atoms with van der Waals surface area (Å²) in [4.78, 5) is 4.72. The van der Waals surface area contributed by atoms with Crippen molar-refractivity contribution in [3.05, 3.63) is 120 Å². The van der Waals surface area contributed by atoms with Gasteiger partial charge in [0.2, 0.25) is 0 Å². The Morgan fingerprint density at radius 2 is 0.767 bits per heavy atom.